The Kier molecular flexibility index (Phi) is 4.96. The zero-order valence-electron chi connectivity index (χ0n) is 11.4. The van der Waals surface area contributed by atoms with Gasteiger partial charge in [-0.1, -0.05) is 13.8 Å². The molecular weight excluding hydrogens is 226 g/mol. The van der Waals surface area contributed by atoms with Gasteiger partial charge in [-0.25, -0.2) is 0 Å². The molecule has 18 heavy (non-hydrogen) atoms. The van der Waals surface area contributed by atoms with Crippen molar-refractivity contribution >= 4 is 5.69 Å². The van der Waals surface area contributed by atoms with Crippen LogP contribution in [0, 0.1) is 0 Å². The lowest BCUT2D eigenvalue weighted by molar-refractivity contribution is 0.152. The monoisotopic (exact) mass is 249 g/mol. The Labute approximate surface area is 109 Å². The summed E-state index contributed by atoms with van der Waals surface area (Å²) in [5, 5.41) is 3.40. The third-order valence-corrected chi connectivity index (χ3v) is 3.08. The number of hydrogen-bond acceptors (Lipinski definition) is 4. The van der Waals surface area contributed by atoms with Crippen molar-refractivity contribution in [1.29, 1.82) is 0 Å². The molecule has 1 aliphatic heterocycles. The molecule has 4 heteroatoms. The fraction of sp³-hybridized carbons (Fsp3) is 0.643. The van der Waals surface area contributed by atoms with E-state index in [9.17, 15) is 0 Å². The smallest absolute Gasteiger partial charge is 0.0641 e. The molecule has 0 bridgehead atoms. The van der Waals surface area contributed by atoms with E-state index in [1.165, 1.54) is 5.69 Å². The predicted octanol–water partition coefficient (Wildman–Crippen LogP) is 1.81. The van der Waals surface area contributed by atoms with E-state index in [0.29, 0.717) is 6.04 Å². The highest BCUT2D eigenvalue weighted by atomic mass is 16.5. The van der Waals surface area contributed by atoms with Gasteiger partial charge in [0.05, 0.1) is 12.3 Å². The molecule has 0 radical (unpaired) electrons. The summed E-state index contributed by atoms with van der Waals surface area (Å²) < 4.78 is 5.49. The SMILES string of the molecule is CC(C)NCc1cc(N2CCCOCC2)ccn1. The molecule has 2 rings (SSSR count). The molecule has 2 heterocycles. The van der Waals surface area contributed by atoms with Crippen molar-refractivity contribution < 1.29 is 4.74 Å². The Morgan fingerprint density at radius 2 is 2.28 bits per heavy atom. The molecule has 100 valence electrons. The van der Waals surface area contributed by atoms with E-state index in [4.69, 9.17) is 4.74 Å². The van der Waals surface area contributed by atoms with Gasteiger partial charge in [-0.05, 0) is 18.6 Å². The van der Waals surface area contributed by atoms with Crippen molar-refractivity contribution in [2.45, 2.75) is 32.9 Å². The number of hydrogen-bond donors (Lipinski definition) is 1. The van der Waals surface area contributed by atoms with Gasteiger partial charge in [0.25, 0.3) is 0 Å². The van der Waals surface area contributed by atoms with E-state index >= 15 is 0 Å². The number of nitrogens with zero attached hydrogens (tertiary/aromatic N) is 2. The highest BCUT2D eigenvalue weighted by molar-refractivity contribution is 5.46. The number of pyridine rings is 1. The molecule has 0 aliphatic carbocycles. The molecule has 0 unspecified atom stereocenters. The van der Waals surface area contributed by atoms with Gasteiger partial charge < -0.3 is 15.0 Å². The second kappa shape index (κ2) is 6.71. The molecule has 0 saturated carbocycles. The average Bonchev–Trinajstić information content (AvgIpc) is 2.65. The van der Waals surface area contributed by atoms with Gasteiger partial charge >= 0.3 is 0 Å². The summed E-state index contributed by atoms with van der Waals surface area (Å²) in [4.78, 5) is 6.79. The maximum atomic E-state index is 5.49. The summed E-state index contributed by atoms with van der Waals surface area (Å²) in [5.41, 5.74) is 2.36. The molecular formula is C14H23N3O. The largest absolute Gasteiger partial charge is 0.380 e. The van der Waals surface area contributed by atoms with Gasteiger partial charge in [-0.3, -0.25) is 4.98 Å². The Morgan fingerprint density at radius 3 is 3.11 bits per heavy atom. The highest BCUT2D eigenvalue weighted by Crippen LogP contribution is 2.16. The highest BCUT2D eigenvalue weighted by Gasteiger charge is 2.10. The minimum atomic E-state index is 0.488. The molecule has 1 fully saturated rings. The predicted molar refractivity (Wildman–Crippen MR) is 73.9 cm³/mol. The van der Waals surface area contributed by atoms with Crippen LogP contribution in [0.5, 0.6) is 0 Å². The van der Waals surface area contributed by atoms with Crippen molar-refractivity contribution in [2.24, 2.45) is 0 Å². The van der Waals surface area contributed by atoms with Crippen LogP contribution >= 0.6 is 0 Å². The van der Waals surface area contributed by atoms with Crippen molar-refractivity contribution in [3.05, 3.63) is 24.0 Å². The Bertz CT molecular complexity index is 360. The standard InChI is InChI=1S/C14H23N3O/c1-12(2)16-11-13-10-14(4-5-15-13)17-6-3-8-18-9-7-17/h4-5,10,12,16H,3,6-9,11H2,1-2H3. The van der Waals surface area contributed by atoms with Crippen LogP contribution < -0.4 is 10.2 Å². The topological polar surface area (TPSA) is 37.4 Å². The van der Waals surface area contributed by atoms with E-state index in [1.807, 2.05) is 6.20 Å². The Balaban J connectivity index is 2.01. The van der Waals surface area contributed by atoms with Crippen molar-refractivity contribution in [2.75, 3.05) is 31.2 Å². The summed E-state index contributed by atoms with van der Waals surface area (Å²) in [5.74, 6) is 0. The van der Waals surface area contributed by atoms with Crippen LogP contribution in [0.3, 0.4) is 0 Å². The van der Waals surface area contributed by atoms with Crippen LogP contribution in [-0.2, 0) is 11.3 Å². The first-order valence-electron chi connectivity index (χ1n) is 6.77. The minimum absolute atomic E-state index is 0.488. The molecule has 0 aromatic carbocycles. The van der Waals surface area contributed by atoms with Gasteiger partial charge in [0.15, 0.2) is 0 Å². The lowest BCUT2D eigenvalue weighted by Gasteiger charge is -2.22. The molecule has 0 spiro atoms. The average molecular weight is 249 g/mol. The molecule has 4 nitrogen and oxygen atoms in total. The number of ether oxygens (including phenoxy) is 1. The van der Waals surface area contributed by atoms with Crippen molar-refractivity contribution in [3.8, 4) is 0 Å². The van der Waals surface area contributed by atoms with E-state index in [-0.39, 0.29) is 0 Å². The van der Waals surface area contributed by atoms with Crippen LogP contribution in [0.4, 0.5) is 5.69 Å². The van der Waals surface area contributed by atoms with Gasteiger partial charge in [-0.15, -0.1) is 0 Å². The van der Waals surface area contributed by atoms with Crippen LogP contribution in [-0.4, -0.2) is 37.3 Å². The number of anilines is 1. The van der Waals surface area contributed by atoms with Crippen LogP contribution in [0.25, 0.3) is 0 Å². The normalized spacial score (nSPS) is 16.9. The molecule has 1 aromatic heterocycles. The van der Waals surface area contributed by atoms with E-state index < -0.39 is 0 Å². The summed E-state index contributed by atoms with van der Waals surface area (Å²) in [6.07, 6.45) is 3.00. The Morgan fingerprint density at radius 1 is 1.39 bits per heavy atom. The summed E-state index contributed by atoms with van der Waals surface area (Å²) >= 11 is 0. The number of nitrogens with one attached hydrogen (secondary N) is 1. The fourth-order valence-electron chi connectivity index (χ4n) is 2.07. The third-order valence-electron chi connectivity index (χ3n) is 3.08. The maximum Gasteiger partial charge on any atom is 0.0641 e. The number of aromatic nitrogens is 1. The van der Waals surface area contributed by atoms with E-state index in [2.05, 4.69) is 41.2 Å². The zero-order chi connectivity index (χ0) is 12.8. The molecule has 1 N–H and O–H groups in total. The summed E-state index contributed by atoms with van der Waals surface area (Å²) in [6, 6.07) is 4.76. The minimum Gasteiger partial charge on any atom is -0.380 e. The Hall–Kier alpha value is -1.13. The third kappa shape index (κ3) is 3.96. The number of rotatable bonds is 4. The molecule has 1 saturated heterocycles. The van der Waals surface area contributed by atoms with Gasteiger partial charge in [0.2, 0.25) is 0 Å². The second-order valence-electron chi connectivity index (χ2n) is 4.99. The first kappa shape index (κ1) is 13.3. The molecule has 1 aromatic rings. The van der Waals surface area contributed by atoms with Crippen LogP contribution in [0.2, 0.25) is 0 Å². The summed E-state index contributed by atoms with van der Waals surface area (Å²) in [7, 11) is 0. The van der Waals surface area contributed by atoms with Gasteiger partial charge in [0.1, 0.15) is 0 Å². The first-order chi connectivity index (χ1) is 8.75. The van der Waals surface area contributed by atoms with Crippen LogP contribution in [0.1, 0.15) is 26.0 Å². The van der Waals surface area contributed by atoms with Crippen molar-refractivity contribution in [1.82, 2.24) is 10.3 Å². The summed E-state index contributed by atoms with van der Waals surface area (Å²) in [6.45, 7) is 8.87. The first-order valence-corrected chi connectivity index (χ1v) is 6.77. The van der Waals surface area contributed by atoms with Gasteiger partial charge in [0, 0.05) is 44.2 Å². The van der Waals surface area contributed by atoms with Gasteiger partial charge in [-0.2, -0.15) is 0 Å². The van der Waals surface area contributed by atoms with E-state index in [1.54, 1.807) is 0 Å². The second-order valence-corrected chi connectivity index (χ2v) is 4.99. The fourth-order valence-corrected chi connectivity index (χ4v) is 2.07. The van der Waals surface area contributed by atoms with E-state index in [0.717, 1.165) is 45.0 Å². The zero-order valence-corrected chi connectivity index (χ0v) is 11.4. The van der Waals surface area contributed by atoms with Crippen LogP contribution in [0.15, 0.2) is 18.3 Å². The molecule has 0 atom stereocenters. The maximum absolute atomic E-state index is 5.49. The van der Waals surface area contributed by atoms with Crippen molar-refractivity contribution in [3.63, 3.8) is 0 Å². The molecule has 0 amide bonds. The lowest BCUT2D eigenvalue weighted by Crippen LogP contribution is -2.26. The molecule has 1 aliphatic rings. The quantitative estimate of drug-likeness (QED) is 0.883. The lowest BCUT2D eigenvalue weighted by atomic mass is 10.2.